The van der Waals surface area contributed by atoms with Crippen molar-refractivity contribution in [1.82, 2.24) is 0 Å². The van der Waals surface area contributed by atoms with E-state index >= 15 is 0 Å². The van der Waals surface area contributed by atoms with Crippen LogP contribution in [0.2, 0.25) is 0 Å². The van der Waals surface area contributed by atoms with Crippen LogP contribution in [0.4, 0.5) is 0 Å². The Labute approximate surface area is 57.7 Å². The van der Waals surface area contributed by atoms with Gasteiger partial charge in [-0.1, -0.05) is 0 Å². The molecule has 1 radical (unpaired) electrons. The van der Waals surface area contributed by atoms with Crippen molar-refractivity contribution < 1.29 is 9.52 Å². The SMILES string of the molecule is [O]c1ccc2occc2c1. The van der Waals surface area contributed by atoms with Gasteiger partial charge in [-0.3, -0.25) is 5.11 Å². The maximum absolute atomic E-state index is 10.7. The van der Waals surface area contributed by atoms with E-state index in [1.54, 1.807) is 24.5 Å². The molecule has 0 atom stereocenters. The Morgan fingerprint density at radius 3 is 3.00 bits per heavy atom. The van der Waals surface area contributed by atoms with Gasteiger partial charge in [0, 0.05) is 5.39 Å². The molecule has 0 amide bonds. The molecule has 0 fully saturated rings. The standard InChI is InChI=1S/C8H5O2/c9-7-1-2-8-6(5-7)3-4-10-8/h1-5H. The lowest BCUT2D eigenvalue weighted by molar-refractivity contribution is 0.355. The summed E-state index contributed by atoms with van der Waals surface area (Å²) in [5, 5.41) is 11.6. The third kappa shape index (κ3) is 0.658. The molecule has 0 aliphatic heterocycles. The van der Waals surface area contributed by atoms with Crippen LogP contribution in [-0.4, -0.2) is 0 Å². The third-order valence-corrected chi connectivity index (χ3v) is 1.42. The zero-order chi connectivity index (χ0) is 6.97. The van der Waals surface area contributed by atoms with Crippen LogP contribution in [0, 0.1) is 0 Å². The van der Waals surface area contributed by atoms with Gasteiger partial charge in [-0.05, 0) is 24.3 Å². The molecule has 1 aromatic heterocycles. The topological polar surface area (TPSA) is 33.0 Å². The number of furan rings is 1. The highest BCUT2D eigenvalue weighted by atomic mass is 16.3. The average molecular weight is 133 g/mol. The number of hydrogen-bond acceptors (Lipinski definition) is 1. The molecular weight excluding hydrogens is 128 g/mol. The van der Waals surface area contributed by atoms with E-state index in [1.807, 2.05) is 0 Å². The molecule has 0 bridgehead atoms. The molecule has 2 aromatic rings. The number of fused-ring (bicyclic) bond motifs is 1. The van der Waals surface area contributed by atoms with Crippen molar-refractivity contribution >= 4 is 11.0 Å². The first-order valence-corrected chi connectivity index (χ1v) is 3.00. The minimum absolute atomic E-state index is 0.0221. The van der Waals surface area contributed by atoms with Crippen molar-refractivity contribution in [3.05, 3.63) is 30.5 Å². The van der Waals surface area contributed by atoms with Gasteiger partial charge in [-0.15, -0.1) is 0 Å². The molecule has 2 rings (SSSR count). The quantitative estimate of drug-likeness (QED) is 0.543. The first-order chi connectivity index (χ1) is 4.86. The molecule has 49 valence electrons. The van der Waals surface area contributed by atoms with Crippen LogP contribution in [0.15, 0.2) is 34.9 Å². The van der Waals surface area contributed by atoms with Gasteiger partial charge in [0.1, 0.15) is 5.58 Å². The van der Waals surface area contributed by atoms with Crippen molar-refractivity contribution in [3.8, 4) is 5.75 Å². The third-order valence-electron chi connectivity index (χ3n) is 1.42. The van der Waals surface area contributed by atoms with Crippen LogP contribution in [0.5, 0.6) is 5.75 Å². The smallest absolute Gasteiger partial charge is 0.179 e. The van der Waals surface area contributed by atoms with Crippen molar-refractivity contribution in [2.75, 3.05) is 0 Å². The summed E-state index contributed by atoms with van der Waals surface area (Å²) in [6.07, 6.45) is 1.57. The maximum atomic E-state index is 10.7. The van der Waals surface area contributed by atoms with E-state index in [0.717, 1.165) is 11.0 Å². The first-order valence-electron chi connectivity index (χ1n) is 3.00. The van der Waals surface area contributed by atoms with Gasteiger partial charge in [0.15, 0.2) is 5.75 Å². The number of hydrogen-bond donors (Lipinski definition) is 0. The zero-order valence-electron chi connectivity index (χ0n) is 5.20. The van der Waals surface area contributed by atoms with E-state index in [9.17, 15) is 5.11 Å². The lowest BCUT2D eigenvalue weighted by Gasteiger charge is -1.85. The molecule has 2 nitrogen and oxygen atoms in total. The fourth-order valence-corrected chi connectivity index (χ4v) is 0.945. The summed E-state index contributed by atoms with van der Waals surface area (Å²) in [4.78, 5) is 0. The minimum Gasteiger partial charge on any atom is -0.464 e. The molecule has 0 unspecified atom stereocenters. The zero-order valence-corrected chi connectivity index (χ0v) is 5.20. The second-order valence-corrected chi connectivity index (χ2v) is 2.12. The van der Waals surface area contributed by atoms with E-state index < -0.39 is 0 Å². The van der Waals surface area contributed by atoms with Crippen molar-refractivity contribution in [2.45, 2.75) is 0 Å². The van der Waals surface area contributed by atoms with Crippen LogP contribution < -0.4 is 0 Å². The average Bonchev–Trinajstić information content (AvgIpc) is 2.33. The molecule has 0 spiro atoms. The van der Waals surface area contributed by atoms with Crippen LogP contribution >= 0.6 is 0 Å². The highest BCUT2D eigenvalue weighted by Gasteiger charge is 1.96. The molecule has 0 saturated carbocycles. The molecule has 1 aromatic carbocycles. The molecule has 0 aliphatic carbocycles. The molecule has 10 heavy (non-hydrogen) atoms. The minimum atomic E-state index is 0.0221. The molecule has 0 saturated heterocycles. The van der Waals surface area contributed by atoms with Gasteiger partial charge in [-0.25, -0.2) is 0 Å². The summed E-state index contributed by atoms with van der Waals surface area (Å²) in [5.41, 5.74) is 0.764. The van der Waals surface area contributed by atoms with Crippen LogP contribution in [0.1, 0.15) is 0 Å². The predicted molar refractivity (Wildman–Crippen MR) is 36.3 cm³/mol. The molecule has 0 N–H and O–H groups in total. The van der Waals surface area contributed by atoms with Gasteiger partial charge >= 0.3 is 0 Å². The Morgan fingerprint density at radius 1 is 1.20 bits per heavy atom. The van der Waals surface area contributed by atoms with Crippen molar-refractivity contribution in [3.63, 3.8) is 0 Å². The largest absolute Gasteiger partial charge is 0.464 e. The van der Waals surface area contributed by atoms with Crippen molar-refractivity contribution in [1.29, 1.82) is 0 Å². The van der Waals surface area contributed by atoms with Crippen LogP contribution in [-0.2, 0) is 5.11 Å². The highest BCUT2D eigenvalue weighted by Crippen LogP contribution is 2.20. The van der Waals surface area contributed by atoms with E-state index in [0.29, 0.717) is 0 Å². The van der Waals surface area contributed by atoms with Crippen molar-refractivity contribution in [2.24, 2.45) is 0 Å². The predicted octanol–water partition coefficient (Wildman–Crippen LogP) is 2.58. The van der Waals surface area contributed by atoms with Crippen LogP contribution in [0.3, 0.4) is 0 Å². The monoisotopic (exact) mass is 133 g/mol. The van der Waals surface area contributed by atoms with E-state index in [4.69, 9.17) is 4.42 Å². The molecular formula is C8H5O2. The number of benzene rings is 1. The van der Waals surface area contributed by atoms with Gasteiger partial charge in [0.05, 0.1) is 6.26 Å². The Balaban J connectivity index is 2.86. The Morgan fingerprint density at radius 2 is 2.10 bits per heavy atom. The van der Waals surface area contributed by atoms with E-state index in [2.05, 4.69) is 0 Å². The van der Waals surface area contributed by atoms with Crippen LogP contribution in [0.25, 0.3) is 11.0 Å². The molecule has 0 aliphatic rings. The maximum Gasteiger partial charge on any atom is 0.179 e. The summed E-state index contributed by atoms with van der Waals surface area (Å²) in [5.74, 6) is 0.0221. The fourth-order valence-electron chi connectivity index (χ4n) is 0.945. The lowest BCUT2D eigenvalue weighted by Crippen LogP contribution is -1.61. The highest BCUT2D eigenvalue weighted by molar-refractivity contribution is 5.78. The first kappa shape index (κ1) is 5.35. The van der Waals surface area contributed by atoms with Gasteiger partial charge < -0.3 is 4.42 Å². The van der Waals surface area contributed by atoms with Gasteiger partial charge in [0.25, 0.3) is 0 Å². The summed E-state index contributed by atoms with van der Waals surface area (Å²) in [6, 6.07) is 6.50. The Hall–Kier alpha value is -1.44. The fraction of sp³-hybridized carbons (Fsp3) is 0. The number of rotatable bonds is 0. The van der Waals surface area contributed by atoms with E-state index in [-0.39, 0.29) is 5.75 Å². The summed E-state index contributed by atoms with van der Waals surface area (Å²) in [6.45, 7) is 0. The molecule has 2 heteroatoms. The summed E-state index contributed by atoms with van der Waals surface area (Å²) >= 11 is 0. The normalized spacial score (nSPS) is 10.4. The summed E-state index contributed by atoms with van der Waals surface area (Å²) < 4.78 is 5.03. The lowest BCUT2D eigenvalue weighted by atomic mass is 10.2. The van der Waals surface area contributed by atoms with Gasteiger partial charge in [-0.2, -0.15) is 0 Å². The Bertz CT molecular complexity index is 349. The second-order valence-electron chi connectivity index (χ2n) is 2.12. The Kier molecular flexibility index (Phi) is 0.947. The second kappa shape index (κ2) is 1.77. The molecule has 1 heterocycles. The summed E-state index contributed by atoms with van der Waals surface area (Å²) in [7, 11) is 0. The van der Waals surface area contributed by atoms with E-state index in [1.165, 1.54) is 6.07 Å². The van der Waals surface area contributed by atoms with Gasteiger partial charge in [0.2, 0.25) is 0 Å².